The zero-order chi connectivity index (χ0) is 13.8. The first-order valence-electron chi connectivity index (χ1n) is 7.31. The molecule has 0 bridgehead atoms. The molecule has 0 spiro atoms. The Morgan fingerprint density at radius 3 is 2.84 bits per heavy atom. The largest absolute Gasteiger partial charge is 0.385 e. The lowest BCUT2D eigenvalue weighted by molar-refractivity contribution is 0.0949. The molecule has 1 fully saturated rings. The fourth-order valence-corrected chi connectivity index (χ4v) is 2.55. The second-order valence-corrected chi connectivity index (χ2v) is 5.44. The summed E-state index contributed by atoms with van der Waals surface area (Å²) >= 11 is 0. The number of hydrogen-bond donors (Lipinski definition) is 2. The highest BCUT2D eigenvalue weighted by atomic mass is 16.1. The van der Waals surface area contributed by atoms with Crippen LogP contribution in [0.5, 0.6) is 0 Å². The number of hydrogen-bond acceptors (Lipinski definition) is 2. The molecule has 2 atom stereocenters. The summed E-state index contributed by atoms with van der Waals surface area (Å²) in [5.41, 5.74) is 2.81. The Morgan fingerprint density at radius 2 is 2.16 bits per heavy atom. The summed E-state index contributed by atoms with van der Waals surface area (Å²) in [4.78, 5) is 12.3. The maximum absolute atomic E-state index is 12.3. The molecule has 0 radical (unpaired) electrons. The second-order valence-electron chi connectivity index (χ2n) is 5.44. The number of rotatable bonds is 6. The fraction of sp³-hybridized carbons (Fsp3) is 0.562. The molecule has 104 valence electrons. The molecule has 1 saturated carbocycles. The van der Waals surface area contributed by atoms with Crippen LogP contribution in [0, 0.1) is 12.8 Å². The van der Waals surface area contributed by atoms with Gasteiger partial charge in [0.05, 0.1) is 5.56 Å². The third-order valence-electron chi connectivity index (χ3n) is 3.69. The highest BCUT2D eigenvalue weighted by Gasteiger charge is 2.37. The van der Waals surface area contributed by atoms with E-state index in [9.17, 15) is 4.79 Å². The molecule has 1 aliphatic carbocycles. The van der Waals surface area contributed by atoms with Gasteiger partial charge in [-0.1, -0.05) is 25.0 Å². The van der Waals surface area contributed by atoms with E-state index in [2.05, 4.69) is 17.6 Å². The van der Waals surface area contributed by atoms with Crippen molar-refractivity contribution in [2.75, 3.05) is 11.9 Å². The SMILES string of the molecule is CCCC1CC1NC(=O)c1cc(C)ccc1NCC. The third-order valence-corrected chi connectivity index (χ3v) is 3.69. The van der Waals surface area contributed by atoms with Crippen LogP contribution in [0.4, 0.5) is 5.69 Å². The molecule has 3 nitrogen and oxygen atoms in total. The Labute approximate surface area is 115 Å². The van der Waals surface area contributed by atoms with Crippen molar-refractivity contribution >= 4 is 11.6 Å². The zero-order valence-electron chi connectivity index (χ0n) is 12.1. The normalized spacial score (nSPS) is 21.0. The van der Waals surface area contributed by atoms with Crippen molar-refractivity contribution in [1.82, 2.24) is 5.32 Å². The molecule has 0 aliphatic heterocycles. The van der Waals surface area contributed by atoms with Gasteiger partial charge in [0, 0.05) is 18.3 Å². The Bertz CT molecular complexity index is 456. The molecule has 1 aliphatic rings. The van der Waals surface area contributed by atoms with E-state index in [0.29, 0.717) is 12.0 Å². The van der Waals surface area contributed by atoms with Crippen molar-refractivity contribution in [1.29, 1.82) is 0 Å². The fourth-order valence-electron chi connectivity index (χ4n) is 2.55. The van der Waals surface area contributed by atoms with Crippen molar-refractivity contribution in [3.05, 3.63) is 29.3 Å². The molecular weight excluding hydrogens is 236 g/mol. The summed E-state index contributed by atoms with van der Waals surface area (Å²) in [6, 6.07) is 6.38. The second kappa shape index (κ2) is 6.09. The number of anilines is 1. The van der Waals surface area contributed by atoms with Gasteiger partial charge in [0.15, 0.2) is 0 Å². The molecule has 1 amide bonds. The van der Waals surface area contributed by atoms with Crippen LogP contribution in [0.25, 0.3) is 0 Å². The number of benzene rings is 1. The van der Waals surface area contributed by atoms with Crippen LogP contribution in [-0.4, -0.2) is 18.5 Å². The molecule has 0 aromatic heterocycles. The van der Waals surface area contributed by atoms with Crippen LogP contribution in [0.3, 0.4) is 0 Å². The van der Waals surface area contributed by atoms with Gasteiger partial charge in [-0.3, -0.25) is 4.79 Å². The van der Waals surface area contributed by atoms with Gasteiger partial charge in [0.1, 0.15) is 0 Å². The summed E-state index contributed by atoms with van der Waals surface area (Å²) in [5, 5.41) is 6.41. The lowest BCUT2D eigenvalue weighted by Crippen LogP contribution is -2.27. The van der Waals surface area contributed by atoms with Crippen LogP contribution in [0.2, 0.25) is 0 Å². The standard InChI is InChI=1S/C16H24N2O/c1-4-6-12-10-15(12)18-16(19)13-9-11(3)7-8-14(13)17-5-2/h7-9,12,15,17H,4-6,10H2,1-3H3,(H,18,19). The van der Waals surface area contributed by atoms with E-state index in [1.54, 1.807) is 0 Å². The first-order chi connectivity index (χ1) is 9.15. The number of aryl methyl sites for hydroxylation is 1. The van der Waals surface area contributed by atoms with Gasteiger partial charge in [-0.05, 0) is 44.7 Å². The summed E-state index contributed by atoms with van der Waals surface area (Å²) in [7, 11) is 0. The Hall–Kier alpha value is -1.51. The summed E-state index contributed by atoms with van der Waals surface area (Å²) in [5.74, 6) is 0.754. The molecule has 0 heterocycles. The average molecular weight is 260 g/mol. The van der Waals surface area contributed by atoms with E-state index in [0.717, 1.165) is 29.8 Å². The molecular formula is C16H24N2O. The first-order valence-corrected chi connectivity index (χ1v) is 7.31. The first kappa shape index (κ1) is 13.9. The molecule has 2 N–H and O–H groups in total. The van der Waals surface area contributed by atoms with Crippen LogP contribution >= 0.6 is 0 Å². The summed E-state index contributed by atoms with van der Waals surface area (Å²) in [6.45, 7) is 7.08. The molecule has 19 heavy (non-hydrogen) atoms. The predicted molar refractivity (Wildman–Crippen MR) is 79.6 cm³/mol. The van der Waals surface area contributed by atoms with Gasteiger partial charge in [-0.2, -0.15) is 0 Å². The highest BCUT2D eigenvalue weighted by Crippen LogP contribution is 2.35. The number of amides is 1. The van der Waals surface area contributed by atoms with Gasteiger partial charge < -0.3 is 10.6 Å². The summed E-state index contributed by atoms with van der Waals surface area (Å²) < 4.78 is 0. The number of carbonyl (C=O) groups is 1. The van der Waals surface area contributed by atoms with E-state index in [-0.39, 0.29) is 5.91 Å². The smallest absolute Gasteiger partial charge is 0.253 e. The lowest BCUT2D eigenvalue weighted by Gasteiger charge is -2.12. The quantitative estimate of drug-likeness (QED) is 0.823. The average Bonchev–Trinajstić information content (AvgIpc) is 3.10. The monoisotopic (exact) mass is 260 g/mol. The van der Waals surface area contributed by atoms with Gasteiger partial charge >= 0.3 is 0 Å². The van der Waals surface area contributed by atoms with Crippen molar-refractivity contribution in [2.24, 2.45) is 5.92 Å². The minimum absolute atomic E-state index is 0.0586. The van der Waals surface area contributed by atoms with Gasteiger partial charge in [0.2, 0.25) is 0 Å². The molecule has 1 aromatic carbocycles. The maximum Gasteiger partial charge on any atom is 0.253 e. The Morgan fingerprint density at radius 1 is 1.37 bits per heavy atom. The van der Waals surface area contributed by atoms with E-state index < -0.39 is 0 Å². The Balaban J connectivity index is 2.04. The molecule has 0 saturated heterocycles. The zero-order valence-corrected chi connectivity index (χ0v) is 12.1. The molecule has 3 heteroatoms. The number of nitrogens with one attached hydrogen (secondary N) is 2. The van der Waals surface area contributed by atoms with Crippen molar-refractivity contribution in [3.8, 4) is 0 Å². The van der Waals surface area contributed by atoms with E-state index in [1.165, 1.54) is 12.8 Å². The highest BCUT2D eigenvalue weighted by molar-refractivity contribution is 6.00. The van der Waals surface area contributed by atoms with Gasteiger partial charge in [0.25, 0.3) is 5.91 Å². The molecule has 1 aromatic rings. The topological polar surface area (TPSA) is 41.1 Å². The van der Waals surface area contributed by atoms with Crippen LogP contribution < -0.4 is 10.6 Å². The van der Waals surface area contributed by atoms with Crippen LogP contribution in [0.1, 0.15) is 49.0 Å². The Kier molecular flexibility index (Phi) is 4.46. The molecule has 2 unspecified atom stereocenters. The van der Waals surface area contributed by atoms with Gasteiger partial charge in [-0.25, -0.2) is 0 Å². The predicted octanol–water partition coefficient (Wildman–Crippen LogP) is 3.35. The summed E-state index contributed by atoms with van der Waals surface area (Å²) in [6.07, 6.45) is 3.56. The van der Waals surface area contributed by atoms with E-state index in [1.807, 2.05) is 32.0 Å². The maximum atomic E-state index is 12.3. The van der Waals surface area contributed by atoms with Crippen molar-refractivity contribution < 1.29 is 4.79 Å². The lowest BCUT2D eigenvalue weighted by atomic mass is 10.1. The van der Waals surface area contributed by atoms with E-state index >= 15 is 0 Å². The van der Waals surface area contributed by atoms with E-state index in [4.69, 9.17) is 0 Å². The van der Waals surface area contributed by atoms with Crippen LogP contribution in [0.15, 0.2) is 18.2 Å². The van der Waals surface area contributed by atoms with Crippen molar-refractivity contribution in [3.63, 3.8) is 0 Å². The number of carbonyl (C=O) groups excluding carboxylic acids is 1. The minimum atomic E-state index is 0.0586. The van der Waals surface area contributed by atoms with Crippen LogP contribution in [-0.2, 0) is 0 Å². The third kappa shape index (κ3) is 3.49. The molecule has 2 rings (SSSR count). The minimum Gasteiger partial charge on any atom is -0.385 e. The van der Waals surface area contributed by atoms with Crippen molar-refractivity contribution in [2.45, 2.75) is 46.1 Å². The van der Waals surface area contributed by atoms with Gasteiger partial charge in [-0.15, -0.1) is 0 Å².